The predicted molar refractivity (Wildman–Crippen MR) is 226 cm³/mol. The second-order valence-corrected chi connectivity index (χ2v) is 15.6. The number of esters is 2. The number of carboxylic acid groups (broad SMARTS) is 1. The molecule has 1 unspecified atom stereocenters. The molecule has 0 spiro atoms. The second-order valence-electron chi connectivity index (χ2n) is 14.1. The van der Waals surface area contributed by atoms with Gasteiger partial charge in [0.25, 0.3) is 0 Å². The molecular weight excluding hydrogens is 733 g/mol. The van der Waals surface area contributed by atoms with Gasteiger partial charge in [-0.05, 0) is 70.6 Å². The third kappa shape index (κ3) is 38.1. The van der Waals surface area contributed by atoms with E-state index in [1.165, 1.54) is 77.0 Å². The lowest BCUT2D eigenvalue weighted by atomic mass is 10.1. The Morgan fingerprint density at radius 1 is 0.554 bits per heavy atom. The fourth-order valence-electron chi connectivity index (χ4n) is 5.33. The smallest absolute Gasteiger partial charge is 0.472 e. The van der Waals surface area contributed by atoms with Gasteiger partial charge in [-0.2, -0.15) is 0 Å². The Hall–Kier alpha value is -2.82. The third-order valence-corrected chi connectivity index (χ3v) is 9.69. The summed E-state index contributed by atoms with van der Waals surface area (Å²) in [7, 11) is -4.73. The molecule has 0 fully saturated rings. The predicted octanol–water partition coefficient (Wildman–Crippen LogP) is 11.2. The maximum atomic E-state index is 12.6. The third-order valence-electron chi connectivity index (χ3n) is 8.74. The van der Waals surface area contributed by atoms with Crippen LogP contribution < -0.4 is 5.73 Å². The Morgan fingerprint density at radius 3 is 1.54 bits per heavy atom. The lowest BCUT2D eigenvalue weighted by Gasteiger charge is -2.20. The van der Waals surface area contributed by atoms with Crippen molar-refractivity contribution in [2.75, 3.05) is 19.8 Å². The number of carbonyl (C=O) groups is 3. The number of unbranched alkanes of at least 4 members (excludes halogenated alkanes) is 15. The van der Waals surface area contributed by atoms with E-state index in [2.05, 4.69) is 67.0 Å². The number of rotatable bonds is 39. The van der Waals surface area contributed by atoms with Gasteiger partial charge in [-0.3, -0.25) is 23.4 Å². The number of hydrogen-bond acceptors (Lipinski definition) is 9. The molecule has 0 aromatic carbocycles. The summed E-state index contributed by atoms with van der Waals surface area (Å²) in [5.41, 5.74) is 5.32. The quantitative estimate of drug-likeness (QED) is 0.0233. The maximum absolute atomic E-state index is 12.6. The zero-order valence-electron chi connectivity index (χ0n) is 34.7. The molecule has 0 saturated heterocycles. The lowest BCUT2D eigenvalue weighted by molar-refractivity contribution is -0.161. The van der Waals surface area contributed by atoms with Crippen molar-refractivity contribution in [1.82, 2.24) is 0 Å². The molecule has 0 aromatic heterocycles. The summed E-state index contributed by atoms with van der Waals surface area (Å²) in [5.74, 6) is -2.46. The molecular formula is C44H76NO10P. The first-order valence-electron chi connectivity index (χ1n) is 21.3. The number of allylic oxidation sites excluding steroid dienone is 10. The van der Waals surface area contributed by atoms with Crippen LogP contribution in [0.15, 0.2) is 60.8 Å². The first kappa shape index (κ1) is 53.2. The van der Waals surface area contributed by atoms with Crippen LogP contribution in [0.4, 0.5) is 0 Å². The average molecular weight is 810 g/mol. The van der Waals surface area contributed by atoms with Crippen molar-refractivity contribution in [2.24, 2.45) is 5.73 Å². The Kier molecular flexibility index (Phi) is 37.1. The van der Waals surface area contributed by atoms with Gasteiger partial charge < -0.3 is 25.2 Å². The Morgan fingerprint density at radius 2 is 0.982 bits per heavy atom. The zero-order chi connectivity index (χ0) is 41.4. The summed E-state index contributed by atoms with van der Waals surface area (Å²) >= 11 is 0. The minimum Gasteiger partial charge on any atom is -0.480 e. The van der Waals surface area contributed by atoms with E-state index in [4.69, 9.17) is 24.8 Å². The number of hydrogen-bond donors (Lipinski definition) is 3. The molecule has 0 saturated carbocycles. The minimum atomic E-state index is -4.73. The summed E-state index contributed by atoms with van der Waals surface area (Å²) < 4.78 is 32.6. The van der Waals surface area contributed by atoms with Gasteiger partial charge in [-0.25, -0.2) is 4.57 Å². The van der Waals surface area contributed by atoms with E-state index in [0.29, 0.717) is 19.3 Å². The summed E-state index contributed by atoms with van der Waals surface area (Å²) in [6.07, 6.45) is 44.3. The normalized spacial score (nSPS) is 14.4. The van der Waals surface area contributed by atoms with Crippen molar-refractivity contribution in [1.29, 1.82) is 0 Å². The second kappa shape index (κ2) is 39.0. The molecule has 0 radical (unpaired) electrons. The van der Waals surface area contributed by atoms with E-state index in [0.717, 1.165) is 44.9 Å². The highest BCUT2D eigenvalue weighted by Crippen LogP contribution is 2.43. The van der Waals surface area contributed by atoms with E-state index in [9.17, 15) is 23.8 Å². The number of phosphoric acid groups is 1. The largest absolute Gasteiger partial charge is 0.480 e. The van der Waals surface area contributed by atoms with Gasteiger partial charge in [0.15, 0.2) is 6.10 Å². The van der Waals surface area contributed by atoms with E-state index in [1.54, 1.807) is 0 Å². The van der Waals surface area contributed by atoms with Crippen LogP contribution in [0.5, 0.6) is 0 Å². The molecule has 322 valence electrons. The fraction of sp³-hybridized carbons (Fsp3) is 0.705. The van der Waals surface area contributed by atoms with Crippen molar-refractivity contribution < 1.29 is 47.5 Å². The van der Waals surface area contributed by atoms with Gasteiger partial charge in [0, 0.05) is 12.8 Å². The standard InChI is InChI=1S/C44H76NO10P/c1-3-5-7-9-11-13-15-17-19-20-22-24-26-28-30-32-34-36-43(47)55-40(38-53-56(50,51)54-39-41(45)44(48)49)37-52-42(46)35-33-31-29-27-25-23-21-18-16-14-12-10-8-6-4-2/h10-13,17,19,22,24,28,30,40-41H,3-9,14-16,18,20-21,23,25-27,29,31-39,45H2,1-2H3,(H,48,49)(H,50,51)/b12-10+,13-11+,19-17+,24-22+,30-28+/t40-,41+/m1/s1. The molecule has 0 amide bonds. The van der Waals surface area contributed by atoms with E-state index in [1.807, 2.05) is 12.2 Å². The van der Waals surface area contributed by atoms with Crippen LogP contribution in [-0.4, -0.2) is 59.9 Å². The molecule has 3 atom stereocenters. The van der Waals surface area contributed by atoms with Gasteiger partial charge in [0.05, 0.1) is 13.2 Å². The van der Waals surface area contributed by atoms with Gasteiger partial charge in [0.2, 0.25) is 0 Å². The number of nitrogens with two attached hydrogens (primary N) is 1. The van der Waals surface area contributed by atoms with Crippen molar-refractivity contribution in [2.45, 2.75) is 180 Å². The molecule has 0 aliphatic carbocycles. The van der Waals surface area contributed by atoms with Crippen LogP contribution in [0.3, 0.4) is 0 Å². The average Bonchev–Trinajstić information content (AvgIpc) is 3.17. The first-order valence-corrected chi connectivity index (χ1v) is 22.8. The first-order chi connectivity index (χ1) is 27.1. The summed E-state index contributed by atoms with van der Waals surface area (Å²) in [5, 5.41) is 8.88. The molecule has 0 heterocycles. The Labute approximate surface area is 338 Å². The number of carbonyl (C=O) groups excluding carboxylic acids is 2. The Balaban J connectivity index is 4.48. The number of phosphoric ester groups is 1. The molecule has 0 rings (SSSR count). The van der Waals surface area contributed by atoms with Gasteiger partial charge in [-0.1, -0.05) is 145 Å². The number of carboxylic acids is 1. The van der Waals surface area contributed by atoms with Crippen molar-refractivity contribution in [3.8, 4) is 0 Å². The molecule has 11 nitrogen and oxygen atoms in total. The summed E-state index contributed by atoms with van der Waals surface area (Å²) in [6, 6.07) is -1.53. The molecule has 0 aliphatic rings. The van der Waals surface area contributed by atoms with Crippen LogP contribution in [0, 0.1) is 0 Å². The number of ether oxygens (including phenoxy) is 2. The lowest BCUT2D eigenvalue weighted by Crippen LogP contribution is -2.34. The highest BCUT2D eigenvalue weighted by atomic mass is 31.2. The van der Waals surface area contributed by atoms with Crippen LogP contribution in [-0.2, 0) is 37.5 Å². The van der Waals surface area contributed by atoms with Crippen molar-refractivity contribution in [3.05, 3.63) is 60.8 Å². The van der Waals surface area contributed by atoms with Crippen LogP contribution >= 0.6 is 7.82 Å². The van der Waals surface area contributed by atoms with Gasteiger partial charge in [-0.15, -0.1) is 0 Å². The van der Waals surface area contributed by atoms with Crippen LogP contribution in [0.2, 0.25) is 0 Å². The summed E-state index contributed by atoms with van der Waals surface area (Å²) in [6.45, 7) is 2.68. The number of aliphatic carboxylic acids is 1. The minimum absolute atomic E-state index is 0.0830. The highest BCUT2D eigenvalue weighted by molar-refractivity contribution is 7.47. The molecule has 56 heavy (non-hydrogen) atoms. The molecule has 12 heteroatoms. The SMILES string of the molecule is CCCC/C=C/CCCCCCCCCCCC(=O)OC[C@H](COP(=O)(O)OC[C@H](N)C(=O)O)OC(=O)CCC/C=C/C/C=C/C/C=C/C/C=C/CCCCC. The molecule has 0 aromatic rings. The molecule has 0 aliphatic heterocycles. The topological polar surface area (TPSA) is 172 Å². The monoisotopic (exact) mass is 810 g/mol. The summed E-state index contributed by atoms with van der Waals surface area (Å²) in [4.78, 5) is 45.9. The van der Waals surface area contributed by atoms with Gasteiger partial charge >= 0.3 is 25.7 Å². The van der Waals surface area contributed by atoms with E-state index < -0.39 is 51.1 Å². The van der Waals surface area contributed by atoms with Crippen LogP contribution in [0.25, 0.3) is 0 Å². The van der Waals surface area contributed by atoms with Crippen LogP contribution in [0.1, 0.15) is 168 Å². The molecule has 0 bridgehead atoms. The van der Waals surface area contributed by atoms with E-state index in [-0.39, 0.29) is 19.4 Å². The van der Waals surface area contributed by atoms with Crippen molar-refractivity contribution >= 4 is 25.7 Å². The van der Waals surface area contributed by atoms with E-state index >= 15 is 0 Å². The molecule has 4 N–H and O–H groups in total. The zero-order valence-corrected chi connectivity index (χ0v) is 35.6. The maximum Gasteiger partial charge on any atom is 0.472 e. The van der Waals surface area contributed by atoms with Gasteiger partial charge in [0.1, 0.15) is 12.6 Å². The van der Waals surface area contributed by atoms with Crippen molar-refractivity contribution in [3.63, 3.8) is 0 Å². The highest BCUT2D eigenvalue weighted by Gasteiger charge is 2.28. The Bertz CT molecular complexity index is 1180. The fourth-order valence-corrected chi connectivity index (χ4v) is 6.11.